The molecule has 0 bridgehead atoms. The third-order valence-electron chi connectivity index (χ3n) is 3.96. The second-order valence-electron chi connectivity index (χ2n) is 6.77. The molecule has 0 radical (unpaired) electrons. The summed E-state index contributed by atoms with van der Waals surface area (Å²) < 4.78 is 18.0. The van der Waals surface area contributed by atoms with Gasteiger partial charge in [-0.2, -0.15) is 4.98 Å². The average molecular weight is 407 g/mol. The van der Waals surface area contributed by atoms with Crippen molar-refractivity contribution < 1.29 is 23.8 Å². The van der Waals surface area contributed by atoms with Crippen LogP contribution in [0.2, 0.25) is 0 Å². The summed E-state index contributed by atoms with van der Waals surface area (Å²) in [5.41, 5.74) is 1.26. The molecule has 0 amide bonds. The number of aromatic nitrogens is 4. The molecular formula is C19H29N5O5. The molecule has 0 atom stereocenters. The Balaban J connectivity index is 2.03. The molecule has 29 heavy (non-hydrogen) atoms. The molecule has 10 nitrogen and oxygen atoms in total. The lowest BCUT2D eigenvalue weighted by atomic mass is 10.3. The van der Waals surface area contributed by atoms with Crippen LogP contribution in [0, 0.1) is 0 Å². The lowest BCUT2D eigenvalue weighted by Crippen LogP contribution is -2.29. The molecular weight excluding hydrogens is 378 g/mol. The second-order valence-corrected chi connectivity index (χ2v) is 6.77. The van der Waals surface area contributed by atoms with E-state index in [2.05, 4.69) is 15.0 Å². The number of fused-ring (bicyclic) bond motifs is 1. The van der Waals surface area contributed by atoms with Crippen molar-refractivity contribution >= 4 is 29.1 Å². The number of carbonyl (C=O) groups excluding carboxylic acids is 2. The molecule has 2 aromatic heterocycles. The molecule has 0 aliphatic heterocycles. The zero-order valence-corrected chi connectivity index (χ0v) is 17.5. The summed E-state index contributed by atoms with van der Waals surface area (Å²) in [6.07, 6.45) is 4.71. The molecule has 160 valence electrons. The van der Waals surface area contributed by atoms with E-state index >= 15 is 0 Å². The molecule has 0 saturated heterocycles. The van der Waals surface area contributed by atoms with Gasteiger partial charge in [-0.15, -0.1) is 0 Å². The smallest absolute Gasteiger partial charge is 0.305 e. The molecule has 2 aromatic rings. The zero-order valence-electron chi connectivity index (χ0n) is 17.5. The van der Waals surface area contributed by atoms with Crippen LogP contribution in [0.1, 0.15) is 39.5 Å². The molecule has 0 saturated carbocycles. The molecule has 2 heterocycles. The molecule has 2 rings (SSSR count). The summed E-state index contributed by atoms with van der Waals surface area (Å²) in [7, 11) is 3.70. The molecule has 0 N–H and O–H groups in total. The number of ether oxygens (including phenoxy) is 3. The topological polar surface area (TPSA) is 109 Å². The van der Waals surface area contributed by atoms with Crippen LogP contribution in [0.5, 0.6) is 0 Å². The van der Waals surface area contributed by atoms with Gasteiger partial charge in [-0.25, -0.2) is 9.97 Å². The zero-order chi connectivity index (χ0) is 21.2. The van der Waals surface area contributed by atoms with Crippen LogP contribution in [-0.2, 0) is 30.5 Å². The Labute approximate surface area is 170 Å². The first-order valence-corrected chi connectivity index (χ1v) is 9.72. The van der Waals surface area contributed by atoms with Crippen LogP contribution >= 0.6 is 0 Å². The van der Waals surface area contributed by atoms with Gasteiger partial charge in [-0.1, -0.05) is 13.8 Å². The van der Waals surface area contributed by atoms with Gasteiger partial charge in [0.1, 0.15) is 31.6 Å². The van der Waals surface area contributed by atoms with Crippen molar-refractivity contribution in [3.8, 4) is 0 Å². The fraction of sp³-hybridized carbons (Fsp3) is 0.632. The Bertz CT molecular complexity index is 785. The van der Waals surface area contributed by atoms with Crippen molar-refractivity contribution in [2.45, 2.75) is 52.4 Å². The first kappa shape index (κ1) is 22.5. The number of imidazole rings is 1. The summed E-state index contributed by atoms with van der Waals surface area (Å²) >= 11 is 0. The number of rotatable bonds is 12. The number of hydrogen-bond donors (Lipinski definition) is 0. The summed E-state index contributed by atoms with van der Waals surface area (Å²) in [6.45, 7) is 3.92. The highest BCUT2D eigenvalue weighted by atomic mass is 16.6. The highest BCUT2D eigenvalue weighted by molar-refractivity contribution is 5.71. The Morgan fingerprint density at radius 3 is 2.24 bits per heavy atom. The van der Waals surface area contributed by atoms with Gasteiger partial charge >= 0.3 is 11.9 Å². The first-order chi connectivity index (χ1) is 13.9. The summed E-state index contributed by atoms with van der Waals surface area (Å²) in [5.74, 6) is -0.0624. The van der Waals surface area contributed by atoms with E-state index in [9.17, 15) is 9.59 Å². The standard InChI is InChI=1S/C19H29N5O5/c1-5-7-16(25)27-10-14(11-28-17(26)8-6-2)29-13-24-12-21-15-9-20-19(23(3)4)22-18(15)24/h9,12,14H,5-8,10-11,13H2,1-4H3. The Hall–Kier alpha value is -2.75. The molecule has 10 heteroatoms. The largest absolute Gasteiger partial charge is 0.463 e. The van der Waals surface area contributed by atoms with E-state index in [4.69, 9.17) is 14.2 Å². The SMILES string of the molecule is CCCC(=O)OCC(COC(=O)CCC)OCn1cnc2cnc(N(C)C)nc21. The Kier molecular flexibility index (Phi) is 8.78. The van der Waals surface area contributed by atoms with Crippen molar-refractivity contribution in [1.82, 2.24) is 19.5 Å². The maximum absolute atomic E-state index is 11.7. The molecule has 0 aromatic carbocycles. The van der Waals surface area contributed by atoms with E-state index in [1.807, 2.05) is 27.9 Å². The van der Waals surface area contributed by atoms with Crippen LogP contribution in [0.3, 0.4) is 0 Å². The fourth-order valence-corrected chi connectivity index (χ4v) is 2.41. The van der Waals surface area contributed by atoms with Crippen molar-refractivity contribution in [2.75, 3.05) is 32.2 Å². The van der Waals surface area contributed by atoms with E-state index < -0.39 is 6.10 Å². The third kappa shape index (κ3) is 6.97. The van der Waals surface area contributed by atoms with Crippen LogP contribution in [-0.4, -0.2) is 64.9 Å². The number of esters is 2. The number of nitrogens with zero attached hydrogens (tertiary/aromatic N) is 5. The van der Waals surface area contributed by atoms with Crippen molar-refractivity contribution in [3.63, 3.8) is 0 Å². The van der Waals surface area contributed by atoms with Gasteiger partial charge in [-0.05, 0) is 12.8 Å². The maximum atomic E-state index is 11.7. The van der Waals surface area contributed by atoms with Gasteiger partial charge < -0.3 is 19.1 Å². The minimum Gasteiger partial charge on any atom is -0.463 e. The number of hydrogen-bond acceptors (Lipinski definition) is 9. The average Bonchev–Trinajstić information content (AvgIpc) is 3.10. The van der Waals surface area contributed by atoms with Crippen LogP contribution in [0.15, 0.2) is 12.5 Å². The minimum atomic E-state index is -0.593. The lowest BCUT2D eigenvalue weighted by molar-refractivity contribution is -0.157. The number of carbonyl (C=O) groups is 2. The van der Waals surface area contributed by atoms with Gasteiger partial charge in [0.05, 0.1) is 12.5 Å². The molecule has 0 fully saturated rings. The molecule has 0 aliphatic rings. The van der Waals surface area contributed by atoms with E-state index in [1.165, 1.54) is 0 Å². The normalized spacial score (nSPS) is 11.1. The minimum absolute atomic E-state index is 0.00278. The fourth-order valence-electron chi connectivity index (χ4n) is 2.41. The van der Waals surface area contributed by atoms with Gasteiger partial charge in [0.25, 0.3) is 0 Å². The molecule has 0 unspecified atom stereocenters. The predicted molar refractivity (Wildman–Crippen MR) is 106 cm³/mol. The van der Waals surface area contributed by atoms with Gasteiger partial charge in [-0.3, -0.25) is 14.2 Å². The predicted octanol–water partition coefficient (Wildman–Crippen LogP) is 1.92. The Morgan fingerprint density at radius 2 is 1.69 bits per heavy atom. The van der Waals surface area contributed by atoms with Crippen molar-refractivity contribution in [3.05, 3.63) is 12.5 Å². The molecule has 0 aliphatic carbocycles. The summed E-state index contributed by atoms with van der Waals surface area (Å²) in [6, 6.07) is 0. The maximum Gasteiger partial charge on any atom is 0.305 e. The van der Waals surface area contributed by atoms with E-state index in [1.54, 1.807) is 22.0 Å². The lowest BCUT2D eigenvalue weighted by Gasteiger charge is -2.18. The van der Waals surface area contributed by atoms with E-state index in [0.29, 0.717) is 42.8 Å². The van der Waals surface area contributed by atoms with Gasteiger partial charge in [0, 0.05) is 26.9 Å². The van der Waals surface area contributed by atoms with Crippen molar-refractivity contribution in [2.24, 2.45) is 0 Å². The summed E-state index contributed by atoms with van der Waals surface area (Å²) in [4.78, 5) is 38.1. The van der Waals surface area contributed by atoms with E-state index in [-0.39, 0.29) is 31.9 Å². The monoisotopic (exact) mass is 407 g/mol. The Morgan fingerprint density at radius 1 is 1.07 bits per heavy atom. The van der Waals surface area contributed by atoms with E-state index in [0.717, 1.165) is 0 Å². The van der Waals surface area contributed by atoms with Gasteiger partial charge in [0.2, 0.25) is 5.95 Å². The molecule has 0 spiro atoms. The first-order valence-electron chi connectivity index (χ1n) is 9.72. The summed E-state index contributed by atoms with van der Waals surface area (Å²) in [5, 5.41) is 0. The van der Waals surface area contributed by atoms with Crippen LogP contribution in [0.25, 0.3) is 11.2 Å². The van der Waals surface area contributed by atoms with Gasteiger partial charge in [0.15, 0.2) is 5.65 Å². The third-order valence-corrected chi connectivity index (χ3v) is 3.96. The van der Waals surface area contributed by atoms with Crippen LogP contribution in [0.4, 0.5) is 5.95 Å². The highest BCUT2D eigenvalue weighted by Crippen LogP contribution is 2.13. The van der Waals surface area contributed by atoms with Crippen molar-refractivity contribution in [1.29, 1.82) is 0 Å². The highest BCUT2D eigenvalue weighted by Gasteiger charge is 2.17. The second kappa shape index (κ2) is 11.3. The van der Waals surface area contributed by atoms with Crippen LogP contribution < -0.4 is 4.90 Å². The number of anilines is 1. The quantitative estimate of drug-likeness (QED) is 0.487.